The fraction of sp³-hybridized carbons (Fsp3) is 0.462. The number of thiophene rings is 1. The Balaban J connectivity index is 2.50. The highest BCUT2D eigenvalue weighted by atomic mass is 32.1. The lowest BCUT2D eigenvalue weighted by Crippen LogP contribution is -2.25. The normalized spacial score (nSPS) is 10.5. The monoisotopic (exact) mass is 277 g/mol. The summed E-state index contributed by atoms with van der Waals surface area (Å²) in [4.78, 5) is 16.7. The number of hydrogen-bond acceptors (Lipinski definition) is 6. The van der Waals surface area contributed by atoms with Crippen LogP contribution in [0, 0.1) is 6.92 Å². The van der Waals surface area contributed by atoms with Crippen LogP contribution in [-0.4, -0.2) is 35.1 Å². The van der Waals surface area contributed by atoms with Crippen LogP contribution in [0.1, 0.15) is 19.4 Å². The Labute approximate surface area is 117 Å². The molecule has 0 spiro atoms. The Kier molecular flexibility index (Phi) is 4.31. The first-order chi connectivity index (χ1) is 9.19. The molecule has 0 aliphatic rings. The summed E-state index contributed by atoms with van der Waals surface area (Å²) in [5, 5.41) is 5.07. The Morgan fingerprint density at radius 2 is 1.95 bits per heavy atom. The maximum atomic E-state index is 4.60. The highest BCUT2D eigenvalue weighted by Crippen LogP contribution is 2.27. The standard InChI is InChI=1S/C13H19N5S/c1-5-18(6-2)13-16-11(15-12(14-4)17-13)10-9(3)7-8-19-10/h7-8H,5-6H2,1-4H3,(H,14,15,16,17). The maximum Gasteiger partial charge on any atom is 0.230 e. The van der Waals surface area contributed by atoms with Crippen molar-refractivity contribution in [1.82, 2.24) is 15.0 Å². The van der Waals surface area contributed by atoms with E-state index in [-0.39, 0.29) is 0 Å². The molecule has 0 amide bonds. The van der Waals surface area contributed by atoms with E-state index in [9.17, 15) is 0 Å². The molecule has 2 aromatic rings. The van der Waals surface area contributed by atoms with Crippen molar-refractivity contribution < 1.29 is 0 Å². The zero-order chi connectivity index (χ0) is 13.8. The van der Waals surface area contributed by atoms with Gasteiger partial charge in [-0.15, -0.1) is 11.3 Å². The Bertz CT molecular complexity index is 548. The van der Waals surface area contributed by atoms with Gasteiger partial charge in [-0.3, -0.25) is 0 Å². The van der Waals surface area contributed by atoms with E-state index >= 15 is 0 Å². The van der Waals surface area contributed by atoms with Crippen LogP contribution in [0.3, 0.4) is 0 Å². The molecular formula is C13H19N5S. The van der Waals surface area contributed by atoms with Crippen molar-refractivity contribution in [2.24, 2.45) is 0 Å². The molecule has 102 valence electrons. The highest BCUT2D eigenvalue weighted by molar-refractivity contribution is 7.13. The fourth-order valence-corrected chi connectivity index (χ4v) is 2.69. The average Bonchev–Trinajstić information content (AvgIpc) is 2.86. The second kappa shape index (κ2) is 5.97. The van der Waals surface area contributed by atoms with Gasteiger partial charge in [0.15, 0.2) is 5.82 Å². The Hall–Kier alpha value is -1.69. The van der Waals surface area contributed by atoms with Crippen LogP contribution < -0.4 is 10.2 Å². The number of nitrogens with zero attached hydrogens (tertiary/aromatic N) is 4. The lowest BCUT2D eigenvalue weighted by atomic mass is 10.3. The SMILES string of the molecule is CCN(CC)c1nc(NC)nc(-c2sccc2C)n1. The summed E-state index contributed by atoms with van der Waals surface area (Å²) in [5.41, 5.74) is 1.20. The van der Waals surface area contributed by atoms with Gasteiger partial charge in [0.05, 0.1) is 4.88 Å². The number of rotatable bonds is 5. The number of aryl methyl sites for hydroxylation is 1. The van der Waals surface area contributed by atoms with Gasteiger partial charge in [0, 0.05) is 20.1 Å². The van der Waals surface area contributed by atoms with Gasteiger partial charge in [0.1, 0.15) is 0 Å². The first-order valence-electron chi connectivity index (χ1n) is 6.42. The first-order valence-corrected chi connectivity index (χ1v) is 7.30. The lowest BCUT2D eigenvalue weighted by molar-refractivity contribution is 0.815. The highest BCUT2D eigenvalue weighted by Gasteiger charge is 2.13. The number of hydrogen-bond donors (Lipinski definition) is 1. The molecule has 0 saturated carbocycles. The van der Waals surface area contributed by atoms with E-state index in [4.69, 9.17) is 0 Å². The van der Waals surface area contributed by atoms with Crippen molar-refractivity contribution in [3.63, 3.8) is 0 Å². The smallest absolute Gasteiger partial charge is 0.230 e. The van der Waals surface area contributed by atoms with Crippen molar-refractivity contribution >= 4 is 23.2 Å². The maximum absolute atomic E-state index is 4.60. The molecule has 5 nitrogen and oxygen atoms in total. The van der Waals surface area contributed by atoms with Gasteiger partial charge >= 0.3 is 0 Å². The molecule has 0 aliphatic heterocycles. The predicted octanol–water partition coefficient (Wildman–Crippen LogP) is 2.80. The molecule has 0 fully saturated rings. The van der Waals surface area contributed by atoms with Crippen LogP contribution in [0.5, 0.6) is 0 Å². The molecule has 6 heteroatoms. The lowest BCUT2D eigenvalue weighted by Gasteiger charge is -2.19. The summed E-state index contributed by atoms with van der Waals surface area (Å²) in [5.74, 6) is 2.08. The Morgan fingerprint density at radius 1 is 1.21 bits per heavy atom. The van der Waals surface area contributed by atoms with E-state index < -0.39 is 0 Å². The van der Waals surface area contributed by atoms with Gasteiger partial charge in [-0.1, -0.05) is 0 Å². The second-order valence-corrected chi connectivity index (χ2v) is 5.05. The van der Waals surface area contributed by atoms with E-state index in [0.717, 1.165) is 29.7 Å². The zero-order valence-electron chi connectivity index (χ0n) is 11.8. The third-order valence-corrected chi connectivity index (χ3v) is 3.97. The van der Waals surface area contributed by atoms with Crippen molar-refractivity contribution in [2.75, 3.05) is 30.4 Å². The van der Waals surface area contributed by atoms with Crippen LogP contribution in [-0.2, 0) is 0 Å². The van der Waals surface area contributed by atoms with Crippen LogP contribution in [0.15, 0.2) is 11.4 Å². The molecule has 0 aromatic carbocycles. The summed E-state index contributed by atoms with van der Waals surface area (Å²) in [7, 11) is 1.83. The topological polar surface area (TPSA) is 53.9 Å². The molecule has 0 aliphatic carbocycles. The molecule has 0 atom stereocenters. The minimum absolute atomic E-state index is 0.611. The minimum Gasteiger partial charge on any atom is -0.357 e. The van der Waals surface area contributed by atoms with Crippen molar-refractivity contribution in [1.29, 1.82) is 0 Å². The van der Waals surface area contributed by atoms with Crippen LogP contribution >= 0.6 is 11.3 Å². The molecule has 2 aromatic heterocycles. The summed E-state index contributed by atoms with van der Waals surface area (Å²) in [6, 6.07) is 2.08. The predicted molar refractivity (Wildman–Crippen MR) is 81.0 cm³/mol. The van der Waals surface area contributed by atoms with Crippen molar-refractivity contribution in [2.45, 2.75) is 20.8 Å². The number of aromatic nitrogens is 3. The molecule has 2 rings (SSSR count). The van der Waals surface area contributed by atoms with E-state index in [2.05, 4.69) is 57.4 Å². The van der Waals surface area contributed by atoms with Crippen LogP contribution in [0.2, 0.25) is 0 Å². The average molecular weight is 277 g/mol. The third kappa shape index (κ3) is 2.84. The summed E-state index contributed by atoms with van der Waals surface area (Å²) in [6.07, 6.45) is 0. The second-order valence-electron chi connectivity index (χ2n) is 4.14. The van der Waals surface area contributed by atoms with Gasteiger partial charge in [-0.05, 0) is 37.8 Å². The van der Waals surface area contributed by atoms with Crippen LogP contribution in [0.25, 0.3) is 10.7 Å². The molecule has 0 unspecified atom stereocenters. The molecule has 2 heterocycles. The quantitative estimate of drug-likeness (QED) is 0.910. The van der Waals surface area contributed by atoms with Gasteiger partial charge < -0.3 is 10.2 Å². The number of anilines is 2. The third-order valence-electron chi connectivity index (χ3n) is 2.96. The summed E-state index contributed by atoms with van der Waals surface area (Å²) >= 11 is 1.66. The minimum atomic E-state index is 0.611. The van der Waals surface area contributed by atoms with Gasteiger partial charge in [0.25, 0.3) is 0 Å². The van der Waals surface area contributed by atoms with Crippen molar-refractivity contribution in [3.8, 4) is 10.7 Å². The summed E-state index contributed by atoms with van der Waals surface area (Å²) in [6.45, 7) is 8.04. The van der Waals surface area contributed by atoms with Gasteiger partial charge in [-0.2, -0.15) is 15.0 Å². The van der Waals surface area contributed by atoms with E-state index in [1.165, 1.54) is 5.56 Å². The Morgan fingerprint density at radius 3 is 2.47 bits per heavy atom. The molecule has 0 bridgehead atoms. The largest absolute Gasteiger partial charge is 0.357 e. The van der Waals surface area contributed by atoms with Gasteiger partial charge in [0.2, 0.25) is 11.9 Å². The number of nitrogens with one attached hydrogen (secondary N) is 1. The fourth-order valence-electron chi connectivity index (χ4n) is 1.83. The first kappa shape index (κ1) is 13.7. The molecule has 0 saturated heterocycles. The van der Waals surface area contributed by atoms with E-state index in [0.29, 0.717) is 5.95 Å². The van der Waals surface area contributed by atoms with Crippen molar-refractivity contribution in [3.05, 3.63) is 17.0 Å². The van der Waals surface area contributed by atoms with Gasteiger partial charge in [-0.25, -0.2) is 0 Å². The summed E-state index contributed by atoms with van der Waals surface area (Å²) < 4.78 is 0. The molecular weight excluding hydrogens is 258 g/mol. The molecule has 0 radical (unpaired) electrons. The van der Waals surface area contributed by atoms with E-state index in [1.54, 1.807) is 11.3 Å². The zero-order valence-corrected chi connectivity index (χ0v) is 12.6. The van der Waals surface area contributed by atoms with Crippen LogP contribution in [0.4, 0.5) is 11.9 Å². The molecule has 1 N–H and O–H groups in total. The van der Waals surface area contributed by atoms with E-state index in [1.807, 2.05) is 7.05 Å². The molecule has 19 heavy (non-hydrogen) atoms.